The van der Waals surface area contributed by atoms with E-state index in [-0.39, 0.29) is 24.2 Å². The molecule has 2 aromatic carbocycles. The summed E-state index contributed by atoms with van der Waals surface area (Å²) >= 11 is 12.3. The fourth-order valence-corrected chi connectivity index (χ4v) is 6.00. The maximum absolute atomic E-state index is 13.9. The van der Waals surface area contributed by atoms with Gasteiger partial charge in [0.2, 0.25) is 11.8 Å². The van der Waals surface area contributed by atoms with Crippen molar-refractivity contribution in [3.8, 4) is 0 Å². The van der Waals surface area contributed by atoms with Gasteiger partial charge in [-0.3, -0.25) is 9.59 Å². The molecular formula is C27H35Cl2FN4O4S. The van der Waals surface area contributed by atoms with E-state index in [1.54, 1.807) is 25.1 Å². The lowest BCUT2D eigenvalue weighted by molar-refractivity contribution is -0.140. The number of amides is 2. The molecule has 2 aromatic rings. The molecule has 8 nitrogen and oxygen atoms in total. The second kappa shape index (κ2) is 13.8. The number of halogens is 3. The molecule has 1 aliphatic rings. The van der Waals surface area contributed by atoms with E-state index in [2.05, 4.69) is 5.32 Å². The number of hydrogen-bond acceptors (Lipinski definition) is 4. The van der Waals surface area contributed by atoms with Crippen LogP contribution in [0.25, 0.3) is 0 Å². The normalized spacial score (nSPS) is 15.2. The molecule has 0 bridgehead atoms. The van der Waals surface area contributed by atoms with E-state index in [1.807, 2.05) is 0 Å². The average Bonchev–Trinajstić information content (AvgIpc) is 2.90. The zero-order chi connectivity index (χ0) is 28.7. The third-order valence-corrected chi connectivity index (χ3v) is 9.37. The van der Waals surface area contributed by atoms with Gasteiger partial charge in [-0.15, -0.1) is 0 Å². The lowest BCUT2D eigenvalue weighted by Gasteiger charge is -2.35. The smallest absolute Gasteiger partial charge is 0.304 e. The Morgan fingerprint density at radius 2 is 1.67 bits per heavy atom. The number of anilines is 1. The predicted octanol–water partition coefficient (Wildman–Crippen LogP) is 5.00. The van der Waals surface area contributed by atoms with Crippen LogP contribution in [0.4, 0.5) is 10.1 Å². The van der Waals surface area contributed by atoms with Crippen molar-refractivity contribution < 1.29 is 22.4 Å². The minimum atomic E-state index is -4.14. The zero-order valence-corrected chi connectivity index (χ0v) is 24.7. The molecule has 12 heteroatoms. The highest BCUT2D eigenvalue weighted by Gasteiger charge is 2.34. The van der Waals surface area contributed by atoms with E-state index in [0.29, 0.717) is 22.0 Å². The van der Waals surface area contributed by atoms with Gasteiger partial charge in [-0.25, -0.2) is 8.70 Å². The molecule has 0 aromatic heterocycles. The van der Waals surface area contributed by atoms with Crippen LogP contribution in [0.3, 0.4) is 0 Å². The molecule has 39 heavy (non-hydrogen) atoms. The molecule has 3 rings (SSSR count). The van der Waals surface area contributed by atoms with E-state index < -0.39 is 34.5 Å². The zero-order valence-electron chi connectivity index (χ0n) is 22.4. The average molecular weight is 602 g/mol. The van der Waals surface area contributed by atoms with E-state index >= 15 is 0 Å². The van der Waals surface area contributed by atoms with Crippen LogP contribution in [0.1, 0.15) is 51.0 Å². The second-order valence-electron chi connectivity index (χ2n) is 9.81. The van der Waals surface area contributed by atoms with Crippen molar-refractivity contribution in [2.24, 2.45) is 0 Å². The second-order valence-corrected chi connectivity index (χ2v) is 12.7. The number of rotatable bonds is 11. The summed E-state index contributed by atoms with van der Waals surface area (Å²) in [4.78, 5) is 28.7. The summed E-state index contributed by atoms with van der Waals surface area (Å²) in [5.74, 6) is -1.43. The molecule has 0 saturated heterocycles. The summed E-state index contributed by atoms with van der Waals surface area (Å²) in [6.45, 7) is 1.21. The third kappa shape index (κ3) is 8.06. The Kier molecular flexibility index (Phi) is 11.0. The SMILES string of the molecule is CCC(C(=O)NC1CCCCC1)N(Cc1ccc(Cl)c(Cl)c1)C(=O)CN(c1ccc(F)cc1)S(=O)(=O)N(C)C. The van der Waals surface area contributed by atoms with Crippen molar-refractivity contribution in [3.05, 3.63) is 63.9 Å². The van der Waals surface area contributed by atoms with Crippen molar-refractivity contribution in [3.63, 3.8) is 0 Å². The van der Waals surface area contributed by atoms with E-state index in [4.69, 9.17) is 23.2 Å². The summed E-state index contributed by atoms with van der Waals surface area (Å²) in [5, 5.41) is 3.73. The van der Waals surface area contributed by atoms with Crippen molar-refractivity contribution in [1.82, 2.24) is 14.5 Å². The first-order valence-corrected chi connectivity index (χ1v) is 15.1. The van der Waals surface area contributed by atoms with Gasteiger partial charge in [0.15, 0.2) is 0 Å². The number of benzene rings is 2. The Morgan fingerprint density at radius 1 is 1.03 bits per heavy atom. The van der Waals surface area contributed by atoms with Gasteiger partial charge in [0.05, 0.1) is 15.7 Å². The molecule has 1 atom stereocenters. The predicted molar refractivity (Wildman–Crippen MR) is 152 cm³/mol. The molecule has 1 aliphatic carbocycles. The van der Waals surface area contributed by atoms with E-state index in [9.17, 15) is 22.4 Å². The molecule has 1 N–H and O–H groups in total. The van der Waals surface area contributed by atoms with E-state index in [0.717, 1.165) is 52.8 Å². The van der Waals surface area contributed by atoms with Gasteiger partial charge in [-0.2, -0.15) is 12.7 Å². The molecule has 1 fully saturated rings. The highest BCUT2D eigenvalue weighted by atomic mass is 35.5. The summed E-state index contributed by atoms with van der Waals surface area (Å²) in [6, 6.07) is 8.93. The molecule has 1 saturated carbocycles. The van der Waals surface area contributed by atoms with Crippen LogP contribution in [-0.4, -0.2) is 62.2 Å². The first kappa shape index (κ1) is 31.1. The van der Waals surface area contributed by atoms with E-state index in [1.165, 1.54) is 31.1 Å². The summed E-state index contributed by atoms with van der Waals surface area (Å²) in [6.07, 6.45) is 5.25. The van der Waals surface area contributed by atoms with Crippen LogP contribution in [0.5, 0.6) is 0 Å². The molecule has 0 spiro atoms. The molecule has 0 aliphatic heterocycles. The number of carbonyl (C=O) groups excluding carboxylic acids is 2. The van der Waals surface area contributed by atoms with Crippen molar-refractivity contribution in [2.75, 3.05) is 24.9 Å². The minimum absolute atomic E-state index is 0.00554. The highest BCUT2D eigenvalue weighted by molar-refractivity contribution is 7.90. The summed E-state index contributed by atoms with van der Waals surface area (Å²) in [5.41, 5.74) is 0.748. The highest BCUT2D eigenvalue weighted by Crippen LogP contribution is 2.26. The molecule has 0 radical (unpaired) electrons. The summed E-state index contributed by atoms with van der Waals surface area (Å²) in [7, 11) is -1.45. The van der Waals surface area contributed by atoms with Gasteiger partial charge >= 0.3 is 10.2 Å². The Hall–Kier alpha value is -2.40. The molecule has 1 unspecified atom stereocenters. The van der Waals surface area contributed by atoms with Crippen LogP contribution < -0.4 is 9.62 Å². The number of hydrogen-bond donors (Lipinski definition) is 1. The minimum Gasteiger partial charge on any atom is -0.352 e. The summed E-state index contributed by atoms with van der Waals surface area (Å²) < 4.78 is 41.9. The lowest BCUT2D eigenvalue weighted by atomic mass is 9.95. The lowest BCUT2D eigenvalue weighted by Crippen LogP contribution is -2.54. The quantitative estimate of drug-likeness (QED) is 0.393. The van der Waals surface area contributed by atoms with Crippen molar-refractivity contribution in [2.45, 2.75) is 64.1 Å². The monoisotopic (exact) mass is 600 g/mol. The van der Waals surface area contributed by atoms with Crippen LogP contribution >= 0.6 is 23.2 Å². The Balaban J connectivity index is 1.97. The Bertz CT molecular complexity index is 1250. The fourth-order valence-electron chi connectivity index (χ4n) is 4.62. The number of nitrogens with zero attached hydrogens (tertiary/aromatic N) is 3. The van der Waals surface area contributed by atoms with Gasteiger partial charge in [0, 0.05) is 26.7 Å². The third-order valence-electron chi connectivity index (χ3n) is 6.81. The van der Waals surface area contributed by atoms with Crippen molar-refractivity contribution in [1.29, 1.82) is 0 Å². The topological polar surface area (TPSA) is 90.0 Å². The van der Waals surface area contributed by atoms with Gasteiger partial charge in [-0.05, 0) is 61.2 Å². The largest absolute Gasteiger partial charge is 0.352 e. The first-order chi connectivity index (χ1) is 18.4. The van der Waals surface area contributed by atoms with Gasteiger partial charge < -0.3 is 10.2 Å². The molecule has 214 valence electrons. The molecule has 2 amide bonds. The van der Waals surface area contributed by atoms with Crippen LogP contribution in [0.2, 0.25) is 10.0 Å². The van der Waals surface area contributed by atoms with Gasteiger partial charge in [0.25, 0.3) is 0 Å². The number of carbonyl (C=O) groups is 2. The maximum atomic E-state index is 13.9. The van der Waals surface area contributed by atoms with Gasteiger partial charge in [0.1, 0.15) is 18.4 Å². The van der Waals surface area contributed by atoms with Crippen LogP contribution in [-0.2, 0) is 26.3 Å². The number of nitrogens with one attached hydrogen (secondary N) is 1. The molecule has 0 heterocycles. The fraction of sp³-hybridized carbons (Fsp3) is 0.481. The van der Waals surface area contributed by atoms with Crippen LogP contribution in [0, 0.1) is 5.82 Å². The van der Waals surface area contributed by atoms with Crippen molar-refractivity contribution >= 4 is 50.9 Å². The standard InChI is InChI=1S/C27H35Cl2FN4O4S/c1-4-25(27(36)31-21-8-6-5-7-9-21)33(17-19-10-15-23(28)24(29)16-19)26(35)18-34(39(37,38)32(2)3)22-13-11-20(30)12-14-22/h10-16,21,25H,4-9,17-18H2,1-3H3,(H,31,36). The van der Waals surface area contributed by atoms with Gasteiger partial charge in [-0.1, -0.05) is 55.5 Å². The molecular weight excluding hydrogens is 566 g/mol. The Morgan fingerprint density at radius 3 is 2.23 bits per heavy atom. The maximum Gasteiger partial charge on any atom is 0.304 e. The Labute approximate surface area is 240 Å². The first-order valence-electron chi connectivity index (χ1n) is 12.9. The van der Waals surface area contributed by atoms with Crippen LogP contribution in [0.15, 0.2) is 42.5 Å².